The van der Waals surface area contributed by atoms with Gasteiger partial charge in [0.1, 0.15) is 0 Å². The van der Waals surface area contributed by atoms with E-state index in [-0.39, 0.29) is 0 Å². The van der Waals surface area contributed by atoms with Gasteiger partial charge in [-0.25, -0.2) is 0 Å². The minimum absolute atomic E-state index is 0.619. The second kappa shape index (κ2) is 7.25. The molecule has 1 aliphatic heterocycles. The van der Waals surface area contributed by atoms with Gasteiger partial charge in [-0.15, -0.1) is 0 Å². The van der Waals surface area contributed by atoms with Gasteiger partial charge in [0.2, 0.25) is 0 Å². The first kappa shape index (κ1) is 13.9. The Balaban J connectivity index is 2.00. The Morgan fingerprint density at radius 3 is 2.75 bits per heavy atom. The average Bonchev–Trinajstić information content (AvgIpc) is 2.58. The molecule has 1 aliphatic rings. The Labute approximate surface area is 101 Å². The molecule has 1 atom stereocenters. The number of likely N-dealkylation sites (tertiary alicyclic amines) is 1. The summed E-state index contributed by atoms with van der Waals surface area (Å²) >= 11 is 0. The van der Waals surface area contributed by atoms with Crippen LogP contribution in [0.15, 0.2) is 0 Å². The fraction of sp³-hybridized carbons (Fsp3) is 1.00. The molecule has 0 aromatic carbocycles. The van der Waals surface area contributed by atoms with Gasteiger partial charge in [-0.2, -0.15) is 0 Å². The van der Waals surface area contributed by atoms with Gasteiger partial charge in [0.05, 0.1) is 0 Å². The van der Waals surface area contributed by atoms with E-state index in [9.17, 15) is 0 Å². The van der Waals surface area contributed by atoms with E-state index in [0.29, 0.717) is 6.04 Å². The molecular weight excluding hydrogens is 198 g/mol. The summed E-state index contributed by atoms with van der Waals surface area (Å²) in [5.41, 5.74) is 0. The second-order valence-corrected chi connectivity index (χ2v) is 5.64. The zero-order valence-corrected chi connectivity index (χ0v) is 11.5. The van der Waals surface area contributed by atoms with E-state index in [4.69, 9.17) is 0 Å². The molecule has 1 unspecified atom stereocenters. The molecule has 96 valence electrons. The molecule has 1 heterocycles. The standard InChI is InChI=1S/C13H29N3/c1-12(2)14-7-5-8-15(3)10-13-6-9-16(4)11-13/h12-14H,5-11H2,1-4H3. The Morgan fingerprint density at radius 2 is 2.19 bits per heavy atom. The number of nitrogens with zero attached hydrogens (tertiary/aromatic N) is 2. The third kappa shape index (κ3) is 5.83. The number of hydrogen-bond acceptors (Lipinski definition) is 3. The summed E-state index contributed by atoms with van der Waals surface area (Å²) in [7, 11) is 4.49. The van der Waals surface area contributed by atoms with Gasteiger partial charge in [0, 0.05) is 19.1 Å². The SMILES string of the molecule is CC(C)NCCCN(C)CC1CCN(C)C1. The quantitative estimate of drug-likeness (QED) is 0.661. The monoisotopic (exact) mass is 227 g/mol. The maximum absolute atomic E-state index is 3.47. The van der Waals surface area contributed by atoms with E-state index in [1.165, 1.54) is 39.0 Å². The lowest BCUT2D eigenvalue weighted by molar-refractivity contribution is 0.269. The summed E-state index contributed by atoms with van der Waals surface area (Å²) in [6.45, 7) is 10.6. The van der Waals surface area contributed by atoms with Crippen LogP contribution in [0.2, 0.25) is 0 Å². The molecule has 0 aromatic rings. The van der Waals surface area contributed by atoms with Crippen molar-refractivity contribution in [3.8, 4) is 0 Å². The van der Waals surface area contributed by atoms with E-state index in [1.54, 1.807) is 0 Å². The zero-order valence-electron chi connectivity index (χ0n) is 11.5. The highest BCUT2D eigenvalue weighted by molar-refractivity contribution is 4.75. The van der Waals surface area contributed by atoms with Crippen LogP contribution < -0.4 is 5.32 Å². The van der Waals surface area contributed by atoms with Crippen molar-refractivity contribution in [3.63, 3.8) is 0 Å². The first-order chi connectivity index (χ1) is 7.58. The maximum atomic E-state index is 3.47. The van der Waals surface area contributed by atoms with Crippen molar-refractivity contribution in [3.05, 3.63) is 0 Å². The van der Waals surface area contributed by atoms with Crippen LogP contribution in [0.1, 0.15) is 26.7 Å². The van der Waals surface area contributed by atoms with Gasteiger partial charge >= 0.3 is 0 Å². The van der Waals surface area contributed by atoms with E-state index in [0.717, 1.165) is 12.5 Å². The molecule has 0 radical (unpaired) electrons. The Kier molecular flexibility index (Phi) is 6.32. The molecule has 1 saturated heterocycles. The molecule has 0 saturated carbocycles. The normalized spacial score (nSPS) is 22.5. The van der Waals surface area contributed by atoms with Gasteiger partial charge < -0.3 is 15.1 Å². The first-order valence-electron chi connectivity index (χ1n) is 6.68. The topological polar surface area (TPSA) is 18.5 Å². The third-order valence-corrected chi connectivity index (χ3v) is 3.33. The summed E-state index contributed by atoms with van der Waals surface area (Å²) in [6.07, 6.45) is 2.64. The van der Waals surface area contributed by atoms with Gasteiger partial charge in [0.15, 0.2) is 0 Å². The minimum atomic E-state index is 0.619. The smallest absolute Gasteiger partial charge is 0.00193 e. The summed E-state index contributed by atoms with van der Waals surface area (Å²) < 4.78 is 0. The van der Waals surface area contributed by atoms with Crippen LogP contribution in [0.4, 0.5) is 0 Å². The second-order valence-electron chi connectivity index (χ2n) is 5.64. The van der Waals surface area contributed by atoms with E-state index < -0.39 is 0 Å². The molecule has 0 aliphatic carbocycles. The van der Waals surface area contributed by atoms with Gasteiger partial charge in [-0.3, -0.25) is 0 Å². The summed E-state index contributed by atoms with van der Waals surface area (Å²) in [5.74, 6) is 0.896. The zero-order chi connectivity index (χ0) is 12.0. The van der Waals surface area contributed by atoms with E-state index in [2.05, 4.69) is 43.1 Å². The Hall–Kier alpha value is -0.120. The van der Waals surface area contributed by atoms with Gasteiger partial charge in [-0.05, 0) is 52.5 Å². The predicted molar refractivity (Wildman–Crippen MR) is 70.9 cm³/mol. The lowest BCUT2D eigenvalue weighted by Gasteiger charge is -2.21. The highest BCUT2D eigenvalue weighted by Crippen LogP contribution is 2.14. The molecular formula is C13H29N3. The average molecular weight is 227 g/mol. The summed E-state index contributed by atoms with van der Waals surface area (Å²) in [4.78, 5) is 4.94. The number of nitrogens with one attached hydrogen (secondary N) is 1. The number of hydrogen-bond donors (Lipinski definition) is 1. The molecule has 1 rings (SSSR count). The van der Waals surface area contributed by atoms with Crippen molar-refractivity contribution in [2.75, 3.05) is 46.8 Å². The number of rotatable bonds is 7. The van der Waals surface area contributed by atoms with Crippen LogP contribution in [-0.2, 0) is 0 Å². The highest BCUT2D eigenvalue weighted by Gasteiger charge is 2.20. The van der Waals surface area contributed by atoms with Crippen LogP contribution in [0.25, 0.3) is 0 Å². The van der Waals surface area contributed by atoms with E-state index in [1.807, 2.05) is 0 Å². The summed E-state index contributed by atoms with van der Waals surface area (Å²) in [5, 5.41) is 3.47. The Morgan fingerprint density at radius 1 is 1.44 bits per heavy atom. The van der Waals surface area contributed by atoms with Gasteiger partial charge in [-0.1, -0.05) is 13.8 Å². The largest absolute Gasteiger partial charge is 0.314 e. The lowest BCUT2D eigenvalue weighted by Crippen LogP contribution is -2.31. The molecule has 1 fully saturated rings. The van der Waals surface area contributed by atoms with Crippen molar-refractivity contribution >= 4 is 0 Å². The highest BCUT2D eigenvalue weighted by atomic mass is 15.1. The van der Waals surface area contributed by atoms with Crippen molar-refractivity contribution in [1.82, 2.24) is 15.1 Å². The van der Waals surface area contributed by atoms with Crippen LogP contribution >= 0.6 is 0 Å². The molecule has 3 heteroatoms. The van der Waals surface area contributed by atoms with Crippen LogP contribution in [0, 0.1) is 5.92 Å². The maximum Gasteiger partial charge on any atom is 0.00193 e. The molecule has 1 N–H and O–H groups in total. The van der Waals surface area contributed by atoms with Crippen LogP contribution in [0.3, 0.4) is 0 Å². The predicted octanol–water partition coefficient (Wildman–Crippen LogP) is 1.26. The third-order valence-electron chi connectivity index (χ3n) is 3.33. The molecule has 0 aromatic heterocycles. The van der Waals surface area contributed by atoms with Crippen LogP contribution in [0.5, 0.6) is 0 Å². The van der Waals surface area contributed by atoms with Crippen molar-refractivity contribution < 1.29 is 0 Å². The summed E-state index contributed by atoms with van der Waals surface area (Å²) in [6, 6.07) is 0.619. The fourth-order valence-electron chi connectivity index (χ4n) is 2.45. The molecule has 16 heavy (non-hydrogen) atoms. The molecule has 3 nitrogen and oxygen atoms in total. The van der Waals surface area contributed by atoms with Crippen molar-refractivity contribution in [2.24, 2.45) is 5.92 Å². The molecule has 0 amide bonds. The van der Waals surface area contributed by atoms with Crippen LogP contribution in [-0.4, -0.2) is 62.7 Å². The van der Waals surface area contributed by atoms with Crippen molar-refractivity contribution in [1.29, 1.82) is 0 Å². The molecule has 0 spiro atoms. The van der Waals surface area contributed by atoms with Crippen molar-refractivity contribution in [2.45, 2.75) is 32.7 Å². The van der Waals surface area contributed by atoms with E-state index >= 15 is 0 Å². The molecule has 0 bridgehead atoms. The lowest BCUT2D eigenvalue weighted by atomic mass is 10.1. The van der Waals surface area contributed by atoms with Gasteiger partial charge in [0.25, 0.3) is 0 Å². The Bertz CT molecular complexity index is 182. The first-order valence-corrected chi connectivity index (χ1v) is 6.68. The fourth-order valence-corrected chi connectivity index (χ4v) is 2.45. The minimum Gasteiger partial charge on any atom is -0.314 e.